The number of carbonyl (C=O) groups excluding carboxylic acids is 1. The number of urea groups is 1. The number of H-pyrrole nitrogens is 1. The molecule has 0 bridgehead atoms. The van der Waals surface area contributed by atoms with Gasteiger partial charge < -0.3 is 19.9 Å². The second kappa shape index (κ2) is 7.54. The predicted molar refractivity (Wildman–Crippen MR) is 94.6 cm³/mol. The van der Waals surface area contributed by atoms with E-state index >= 15 is 0 Å². The van der Waals surface area contributed by atoms with Crippen LogP contribution in [-0.2, 0) is 11.3 Å². The molecule has 2 aromatic heterocycles. The molecule has 4 rings (SSSR count). The summed E-state index contributed by atoms with van der Waals surface area (Å²) in [5.74, 6) is 2.16. The predicted octanol–water partition coefficient (Wildman–Crippen LogP) is 2.34. The normalized spacial score (nSPS) is 16.4. The number of rotatable bonds is 5. The number of benzene rings is 1. The minimum Gasteiger partial charge on any atom is -0.368 e. The van der Waals surface area contributed by atoms with Gasteiger partial charge in [-0.3, -0.25) is 5.10 Å². The number of hydrogen-bond donors (Lipinski definition) is 3. The van der Waals surface area contributed by atoms with Crippen molar-refractivity contribution < 1.29 is 14.1 Å². The first-order valence-corrected chi connectivity index (χ1v) is 8.66. The number of aryl methyl sites for hydroxylation is 1. The van der Waals surface area contributed by atoms with Gasteiger partial charge in [0.05, 0.1) is 6.54 Å². The number of amides is 2. The fourth-order valence-electron chi connectivity index (χ4n) is 2.78. The Labute approximate surface area is 154 Å². The Bertz CT molecular complexity index is 930. The fourth-order valence-corrected chi connectivity index (χ4v) is 2.78. The molecule has 140 valence electrons. The lowest BCUT2D eigenvalue weighted by atomic mass is 10.2. The average molecular weight is 369 g/mol. The van der Waals surface area contributed by atoms with Gasteiger partial charge in [0.1, 0.15) is 11.9 Å². The quantitative estimate of drug-likeness (QED) is 0.629. The minimum absolute atomic E-state index is 0.137. The van der Waals surface area contributed by atoms with E-state index < -0.39 is 0 Å². The molecule has 1 atom stereocenters. The lowest BCUT2D eigenvalue weighted by Crippen LogP contribution is -2.28. The molecule has 3 heterocycles. The number of hydrogen-bond acceptors (Lipinski definition) is 7. The van der Waals surface area contributed by atoms with E-state index in [1.54, 1.807) is 12.1 Å². The van der Waals surface area contributed by atoms with Crippen LogP contribution in [0.15, 0.2) is 28.8 Å². The lowest BCUT2D eigenvalue weighted by molar-refractivity contribution is 0.0835. The molecule has 10 nitrogen and oxygen atoms in total. The fraction of sp³-hybridized carbons (Fsp3) is 0.353. The van der Waals surface area contributed by atoms with Crippen molar-refractivity contribution in [1.29, 1.82) is 0 Å². The number of ether oxygens (including phenoxy) is 1. The van der Waals surface area contributed by atoms with Crippen LogP contribution in [0.25, 0.3) is 11.4 Å². The van der Waals surface area contributed by atoms with E-state index in [9.17, 15) is 4.79 Å². The molecule has 2 amide bonds. The van der Waals surface area contributed by atoms with E-state index in [4.69, 9.17) is 9.26 Å². The summed E-state index contributed by atoms with van der Waals surface area (Å²) >= 11 is 0. The number of aromatic nitrogens is 5. The Morgan fingerprint density at radius 2 is 2.30 bits per heavy atom. The molecule has 3 aromatic rings. The van der Waals surface area contributed by atoms with Gasteiger partial charge in [-0.2, -0.15) is 10.1 Å². The number of aromatic amines is 1. The molecule has 1 fully saturated rings. The second-order valence-corrected chi connectivity index (χ2v) is 6.18. The molecule has 0 aliphatic carbocycles. The molecule has 1 aromatic carbocycles. The molecule has 1 aliphatic heterocycles. The molecule has 0 radical (unpaired) electrons. The highest BCUT2D eigenvalue weighted by molar-refractivity contribution is 5.89. The second-order valence-electron chi connectivity index (χ2n) is 6.18. The minimum atomic E-state index is -0.373. The van der Waals surface area contributed by atoms with Gasteiger partial charge in [-0.05, 0) is 31.9 Å². The summed E-state index contributed by atoms with van der Waals surface area (Å²) in [6, 6.07) is 6.90. The molecule has 1 aliphatic rings. The van der Waals surface area contributed by atoms with Crippen molar-refractivity contribution in [2.24, 2.45) is 0 Å². The maximum absolute atomic E-state index is 12.1. The average Bonchev–Trinajstić information content (AvgIpc) is 3.41. The monoisotopic (exact) mass is 369 g/mol. The highest BCUT2D eigenvalue weighted by atomic mass is 16.5. The summed E-state index contributed by atoms with van der Waals surface area (Å²) in [5.41, 5.74) is 1.43. The third-order valence-electron chi connectivity index (χ3n) is 4.07. The molecular formula is C17H19N7O3. The van der Waals surface area contributed by atoms with Crippen LogP contribution in [0.1, 0.15) is 36.5 Å². The van der Waals surface area contributed by atoms with Crippen molar-refractivity contribution in [2.75, 3.05) is 11.9 Å². The third-order valence-corrected chi connectivity index (χ3v) is 4.07. The molecule has 1 saturated heterocycles. The Hall–Kier alpha value is -3.27. The summed E-state index contributed by atoms with van der Waals surface area (Å²) in [6.45, 7) is 2.69. The van der Waals surface area contributed by atoms with Crippen LogP contribution in [-0.4, -0.2) is 38.0 Å². The summed E-state index contributed by atoms with van der Waals surface area (Å²) in [5, 5.41) is 16.2. The van der Waals surface area contributed by atoms with Gasteiger partial charge in [-0.1, -0.05) is 17.3 Å². The Kier molecular flexibility index (Phi) is 4.79. The number of nitrogens with one attached hydrogen (secondary N) is 3. The van der Waals surface area contributed by atoms with E-state index in [0.29, 0.717) is 29.8 Å². The third kappa shape index (κ3) is 4.11. The largest absolute Gasteiger partial charge is 0.368 e. The van der Waals surface area contributed by atoms with Crippen LogP contribution < -0.4 is 10.6 Å². The van der Waals surface area contributed by atoms with Crippen LogP contribution in [0.2, 0.25) is 0 Å². The van der Waals surface area contributed by atoms with Crippen LogP contribution in [0.4, 0.5) is 10.5 Å². The van der Waals surface area contributed by atoms with Gasteiger partial charge in [0.2, 0.25) is 0 Å². The van der Waals surface area contributed by atoms with Gasteiger partial charge in [0.15, 0.2) is 11.6 Å². The molecule has 0 unspecified atom stereocenters. The van der Waals surface area contributed by atoms with Gasteiger partial charge in [0, 0.05) is 17.9 Å². The molecular weight excluding hydrogens is 350 g/mol. The Morgan fingerprint density at radius 1 is 1.37 bits per heavy atom. The first kappa shape index (κ1) is 17.2. The van der Waals surface area contributed by atoms with Crippen LogP contribution in [0.3, 0.4) is 0 Å². The van der Waals surface area contributed by atoms with Gasteiger partial charge >= 0.3 is 6.03 Å². The molecule has 10 heteroatoms. The molecule has 27 heavy (non-hydrogen) atoms. The first-order valence-electron chi connectivity index (χ1n) is 8.66. The van der Waals surface area contributed by atoms with E-state index in [1.165, 1.54) is 0 Å². The number of nitrogens with zero attached hydrogens (tertiary/aromatic N) is 4. The molecule has 3 N–H and O–H groups in total. The summed E-state index contributed by atoms with van der Waals surface area (Å²) in [6.07, 6.45) is 1.72. The number of anilines is 1. The van der Waals surface area contributed by atoms with Gasteiger partial charge in [-0.25, -0.2) is 9.78 Å². The van der Waals surface area contributed by atoms with Crippen molar-refractivity contribution in [3.8, 4) is 11.4 Å². The zero-order valence-electron chi connectivity index (χ0n) is 14.7. The Balaban J connectivity index is 1.33. The van der Waals surface area contributed by atoms with Gasteiger partial charge in [-0.15, -0.1) is 0 Å². The maximum atomic E-state index is 12.1. The lowest BCUT2D eigenvalue weighted by Gasteiger charge is -2.07. The maximum Gasteiger partial charge on any atom is 0.319 e. The van der Waals surface area contributed by atoms with Crippen LogP contribution >= 0.6 is 0 Å². The van der Waals surface area contributed by atoms with E-state index in [0.717, 1.165) is 24.2 Å². The van der Waals surface area contributed by atoms with Crippen LogP contribution in [0, 0.1) is 6.92 Å². The van der Waals surface area contributed by atoms with Crippen LogP contribution in [0.5, 0.6) is 0 Å². The van der Waals surface area contributed by atoms with E-state index in [2.05, 4.69) is 36.0 Å². The topological polar surface area (TPSA) is 131 Å². The van der Waals surface area contributed by atoms with E-state index in [-0.39, 0.29) is 18.7 Å². The molecule has 0 saturated carbocycles. The first-order chi connectivity index (χ1) is 13.2. The smallest absolute Gasteiger partial charge is 0.319 e. The van der Waals surface area contributed by atoms with Gasteiger partial charge in [0.25, 0.3) is 5.89 Å². The van der Waals surface area contributed by atoms with Crippen molar-refractivity contribution in [3.05, 3.63) is 41.8 Å². The zero-order valence-corrected chi connectivity index (χ0v) is 14.7. The van der Waals surface area contributed by atoms with Crippen molar-refractivity contribution in [3.63, 3.8) is 0 Å². The summed E-state index contributed by atoms with van der Waals surface area (Å²) in [4.78, 5) is 20.7. The SMILES string of the molecule is Cc1nc(-c2cccc(NC(=O)NCc3noc([C@H]4CCCO4)n3)c2)n[nH]1. The highest BCUT2D eigenvalue weighted by Gasteiger charge is 2.23. The standard InChI is InChI=1S/C17H19N7O3/c1-10-19-15(23-22-10)11-4-2-5-12(8-11)20-17(25)18-9-14-21-16(27-24-14)13-6-3-7-26-13/h2,4-5,8,13H,3,6-7,9H2,1H3,(H2,18,20,25)(H,19,22,23)/t13-/m1/s1. The van der Waals surface area contributed by atoms with E-state index in [1.807, 2.05) is 19.1 Å². The van der Waals surface area contributed by atoms with Crippen molar-refractivity contribution >= 4 is 11.7 Å². The number of carbonyl (C=O) groups is 1. The molecule has 0 spiro atoms. The Morgan fingerprint density at radius 3 is 3.07 bits per heavy atom. The van der Waals surface area contributed by atoms with Crippen molar-refractivity contribution in [1.82, 2.24) is 30.6 Å². The highest BCUT2D eigenvalue weighted by Crippen LogP contribution is 2.26. The summed E-state index contributed by atoms with van der Waals surface area (Å²) in [7, 11) is 0. The van der Waals surface area contributed by atoms with Crippen molar-refractivity contribution in [2.45, 2.75) is 32.4 Å². The summed E-state index contributed by atoms with van der Waals surface area (Å²) < 4.78 is 10.7. The zero-order chi connectivity index (χ0) is 18.6.